The lowest BCUT2D eigenvalue weighted by molar-refractivity contribution is 0.0684. The minimum absolute atomic E-state index is 0.101. The Bertz CT molecular complexity index is 428. The van der Waals surface area contributed by atoms with Crippen molar-refractivity contribution in [3.8, 4) is 0 Å². The first-order valence-corrected chi connectivity index (χ1v) is 6.15. The number of ether oxygens (including phenoxy) is 1. The number of nitrogens with one attached hydrogen (secondary N) is 2. The van der Waals surface area contributed by atoms with Crippen LogP contribution >= 0.6 is 0 Å². The number of amides is 1. The number of carbonyl (C=O) groups is 2. The van der Waals surface area contributed by atoms with Crippen molar-refractivity contribution in [3.63, 3.8) is 0 Å². The van der Waals surface area contributed by atoms with Crippen molar-refractivity contribution < 1.29 is 19.4 Å². The molecule has 0 saturated carbocycles. The Labute approximate surface area is 111 Å². The van der Waals surface area contributed by atoms with Crippen LogP contribution in [0.5, 0.6) is 0 Å². The number of carboxylic acid groups (broad SMARTS) is 1. The number of hydrogen-bond acceptors (Lipinski definition) is 4. The number of hydrogen-bond donors (Lipinski definition) is 3. The lowest BCUT2D eigenvalue weighted by Gasteiger charge is -2.07. The molecule has 0 spiro atoms. The van der Waals surface area contributed by atoms with Gasteiger partial charge < -0.3 is 20.1 Å². The number of H-pyrrole nitrogens is 1. The molecule has 0 aliphatic rings. The summed E-state index contributed by atoms with van der Waals surface area (Å²) in [6.45, 7) is 5.80. The smallest absolute Gasteiger partial charge is 0.354 e. The average Bonchev–Trinajstić information content (AvgIpc) is 2.82. The Balaban J connectivity index is 2.28. The second-order valence-electron chi connectivity index (χ2n) is 4.51. The van der Waals surface area contributed by atoms with E-state index in [1.165, 1.54) is 6.33 Å². The van der Waals surface area contributed by atoms with Crippen molar-refractivity contribution in [1.29, 1.82) is 0 Å². The molecule has 1 rings (SSSR count). The van der Waals surface area contributed by atoms with Gasteiger partial charge in [0.05, 0.1) is 6.33 Å². The predicted molar refractivity (Wildman–Crippen MR) is 68.2 cm³/mol. The predicted octanol–water partition coefficient (Wildman–Crippen LogP) is 0.900. The summed E-state index contributed by atoms with van der Waals surface area (Å²) in [5.41, 5.74) is -0.302. The summed E-state index contributed by atoms with van der Waals surface area (Å²) in [7, 11) is 0. The molecule has 0 unspecified atom stereocenters. The second kappa shape index (κ2) is 7.52. The number of aromatic nitrogens is 2. The highest BCUT2D eigenvalue weighted by molar-refractivity contribution is 6.02. The van der Waals surface area contributed by atoms with Gasteiger partial charge in [-0.3, -0.25) is 4.79 Å². The number of aromatic amines is 1. The molecule has 0 saturated heterocycles. The zero-order valence-electron chi connectivity index (χ0n) is 11.1. The van der Waals surface area contributed by atoms with Crippen molar-refractivity contribution >= 4 is 11.9 Å². The van der Waals surface area contributed by atoms with Crippen LogP contribution in [0.1, 0.15) is 41.2 Å². The summed E-state index contributed by atoms with van der Waals surface area (Å²) in [5.74, 6) is -1.22. The summed E-state index contributed by atoms with van der Waals surface area (Å²) < 4.78 is 5.36. The maximum Gasteiger partial charge on any atom is 0.354 e. The lowest BCUT2D eigenvalue weighted by Crippen LogP contribution is -2.27. The van der Waals surface area contributed by atoms with Gasteiger partial charge in [-0.15, -0.1) is 0 Å². The van der Waals surface area contributed by atoms with Gasteiger partial charge in [0.15, 0.2) is 11.4 Å². The number of carbonyl (C=O) groups excluding carboxylic acids is 1. The minimum Gasteiger partial charge on any atom is -0.477 e. The topological polar surface area (TPSA) is 104 Å². The molecule has 3 N–H and O–H groups in total. The molecule has 0 aliphatic carbocycles. The summed E-state index contributed by atoms with van der Waals surface area (Å²) in [6.07, 6.45) is 1.86. The fourth-order valence-corrected chi connectivity index (χ4v) is 1.41. The highest BCUT2D eigenvalue weighted by atomic mass is 16.5. The molecule has 1 aromatic heterocycles. The van der Waals surface area contributed by atoms with Crippen LogP contribution < -0.4 is 5.32 Å². The fraction of sp³-hybridized carbons (Fsp3) is 0.583. The molecule has 19 heavy (non-hydrogen) atoms. The Morgan fingerprint density at radius 3 is 2.89 bits per heavy atom. The molecule has 0 atom stereocenters. The van der Waals surface area contributed by atoms with E-state index in [0.29, 0.717) is 32.1 Å². The van der Waals surface area contributed by atoms with Gasteiger partial charge in [0.2, 0.25) is 0 Å². The zero-order valence-corrected chi connectivity index (χ0v) is 11.1. The van der Waals surface area contributed by atoms with Gasteiger partial charge in [-0.25, -0.2) is 9.78 Å². The third-order valence-electron chi connectivity index (χ3n) is 2.27. The van der Waals surface area contributed by atoms with Crippen LogP contribution in [0.3, 0.4) is 0 Å². The van der Waals surface area contributed by atoms with Crippen LogP contribution in [-0.4, -0.2) is 46.7 Å². The number of carboxylic acids is 1. The van der Waals surface area contributed by atoms with Gasteiger partial charge in [0.1, 0.15) is 0 Å². The highest BCUT2D eigenvalue weighted by Crippen LogP contribution is 2.02. The van der Waals surface area contributed by atoms with Gasteiger partial charge >= 0.3 is 5.97 Å². The molecule has 7 nitrogen and oxygen atoms in total. The van der Waals surface area contributed by atoms with E-state index < -0.39 is 11.9 Å². The van der Waals surface area contributed by atoms with Gasteiger partial charge in [-0.2, -0.15) is 0 Å². The van der Waals surface area contributed by atoms with Crippen molar-refractivity contribution in [2.24, 2.45) is 5.92 Å². The summed E-state index contributed by atoms with van der Waals surface area (Å²) in [4.78, 5) is 28.6. The van der Waals surface area contributed by atoms with E-state index in [1.54, 1.807) is 0 Å². The van der Waals surface area contributed by atoms with Crippen molar-refractivity contribution in [2.75, 3.05) is 19.8 Å². The molecule has 0 aliphatic heterocycles. The lowest BCUT2D eigenvalue weighted by atomic mass is 10.2. The largest absolute Gasteiger partial charge is 0.477 e. The maximum absolute atomic E-state index is 11.7. The van der Waals surface area contributed by atoms with Gasteiger partial charge in [0, 0.05) is 19.8 Å². The second-order valence-corrected chi connectivity index (χ2v) is 4.51. The standard InChI is InChI=1S/C12H19N3O4/c1-8(2)6-19-5-3-4-13-11(16)9-10(12(17)18)15-7-14-9/h7-8H,3-6H2,1-2H3,(H,13,16)(H,14,15)(H,17,18). The first-order chi connectivity index (χ1) is 9.02. The molecule has 1 aromatic rings. The van der Waals surface area contributed by atoms with E-state index >= 15 is 0 Å². The van der Waals surface area contributed by atoms with Crippen LogP contribution in [0.25, 0.3) is 0 Å². The molecular weight excluding hydrogens is 250 g/mol. The quantitative estimate of drug-likeness (QED) is 0.608. The molecule has 1 amide bonds. The average molecular weight is 269 g/mol. The van der Waals surface area contributed by atoms with Crippen LogP contribution in [-0.2, 0) is 4.74 Å². The van der Waals surface area contributed by atoms with Gasteiger partial charge in [-0.05, 0) is 12.3 Å². The first kappa shape index (κ1) is 15.2. The maximum atomic E-state index is 11.7. The number of imidazole rings is 1. The monoisotopic (exact) mass is 269 g/mol. The van der Waals surface area contributed by atoms with Crippen LogP contribution in [0.2, 0.25) is 0 Å². The summed E-state index contributed by atoms with van der Waals surface area (Å²) >= 11 is 0. The van der Waals surface area contributed by atoms with E-state index in [4.69, 9.17) is 9.84 Å². The van der Waals surface area contributed by atoms with Crippen molar-refractivity contribution in [3.05, 3.63) is 17.7 Å². The van der Waals surface area contributed by atoms with Crippen LogP contribution in [0, 0.1) is 5.92 Å². The summed E-state index contributed by atoms with van der Waals surface area (Å²) in [6, 6.07) is 0. The minimum atomic E-state index is -1.21. The van der Waals surface area contributed by atoms with E-state index in [9.17, 15) is 9.59 Å². The molecule has 0 radical (unpaired) electrons. The van der Waals surface area contributed by atoms with Gasteiger partial charge in [0.25, 0.3) is 5.91 Å². The zero-order chi connectivity index (χ0) is 14.3. The molecule has 0 aromatic carbocycles. The number of aromatic carboxylic acids is 1. The molecule has 0 bridgehead atoms. The van der Waals surface area contributed by atoms with Gasteiger partial charge in [-0.1, -0.05) is 13.8 Å². The van der Waals surface area contributed by atoms with E-state index in [-0.39, 0.29) is 11.4 Å². The Morgan fingerprint density at radius 2 is 2.26 bits per heavy atom. The highest BCUT2D eigenvalue weighted by Gasteiger charge is 2.18. The third kappa shape index (κ3) is 5.09. The van der Waals surface area contributed by atoms with Crippen LogP contribution in [0.4, 0.5) is 0 Å². The van der Waals surface area contributed by atoms with E-state index in [2.05, 4.69) is 29.1 Å². The SMILES string of the molecule is CC(C)COCCCNC(=O)c1nc[nH]c1C(=O)O. The Kier molecular flexibility index (Phi) is 6.01. The molecule has 106 valence electrons. The number of rotatable bonds is 8. The molecule has 0 fully saturated rings. The Morgan fingerprint density at radius 1 is 1.53 bits per heavy atom. The number of nitrogens with zero attached hydrogens (tertiary/aromatic N) is 1. The van der Waals surface area contributed by atoms with Crippen molar-refractivity contribution in [1.82, 2.24) is 15.3 Å². The summed E-state index contributed by atoms with van der Waals surface area (Å²) in [5, 5.41) is 11.4. The van der Waals surface area contributed by atoms with Crippen molar-refractivity contribution in [2.45, 2.75) is 20.3 Å². The molecule has 7 heteroatoms. The fourth-order valence-electron chi connectivity index (χ4n) is 1.41. The normalized spacial score (nSPS) is 10.7. The van der Waals surface area contributed by atoms with Crippen LogP contribution in [0.15, 0.2) is 6.33 Å². The first-order valence-electron chi connectivity index (χ1n) is 6.15. The van der Waals surface area contributed by atoms with E-state index in [1.807, 2.05) is 0 Å². The Hall–Kier alpha value is -1.89. The molecular formula is C12H19N3O4. The van der Waals surface area contributed by atoms with E-state index in [0.717, 1.165) is 0 Å². The third-order valence-corrected chi connectivity index (χ3v) is 2.27. The molecule has 1 heterocycles.